The van der Waals surface area contributed by atoms with Crippen molar-refractivity contribution in [2.45, 2.75) is 32.3 Å². The van der Waals surface area contributed by atoms with Gasteiger partial charge in [0.15, 0.2) is 0 Å². The summed E-state index contributed by atoms with van der Waals surface area (Å²) < 4.78 is 5.71. The summed E-state index contributed by atoms with van der Waals surface area (Å²) in [4.78, 5) is 0. The summed E-state index contributed by atoms with van der Waals surface area (Å²) in [6.07, 6.45) is 3.55. The van der Waals surface area contributed by atoms with Gasteiger partial charge in [0.1, 0.15) is 0 Å². The number of hydrogen-bond acceptors (Lipinski definition) is 3. The third-order valence-electron chi connectivity index (χ3n) is 3.01. The first kappa shape index (κ1) is 15.2. The molecule has 0 atom stereocenters. The third kappa shape index (κ3) is 6.74. The third-order valence-corrected chi connectivity index (χ3v) is 3.01. The van der Waals surface area contributed by atoms with E-state index in [1.807, 2.05) is 18.2 Å². The minimum Gasteiger partial charge on any atom is -0.396 e. The van der Waals surface area contributed by atoms with Crippen molar-refractivity contribution in [3.63, 3.8) is 0 Å². The molecule has 1 rings (SSSR count). The molecule has 0 unspecified atom stereocenters. The fourth-order valence-corrected chi connectivity index (χ4v) is 1.99. The molecule has 1 aromatic rings. The Morgan fingerprint density at radius 3 is 2.11 bits per heavy atom. The first-order valence-electron chi connectivity index (χ1n) is 6.70. The van der Waals surface area contributed by atoms with Crippen molar-refractivity contribution in [2.24, 2.45) is 5.92 Å². The molecule has 0 spiro atoms. The normalized spacial score (nSPS) is 11.1. The van der Waals surface area contributed by atoms with E-state index in [1.54, 1.807) is 0 Å². The highest BCUT2D eigenvalue weighted by Crippen LogP contribution is 2.14. The van der Waals surface area contributed by atoms with Gasteiger partial charge in [0.25, 0.3) is 0 Å². The van der Waals surface area contributed by atoms with Gasteiger partial charge in [0, 0.05) is 19.8 Å². The predicted octanol–water partition coefficient (Wildman–Crippen LogP) is 2.36. The Hall–Kier alpha value is -0.900. The van der Waals surface area contributed by atoms with Gasteiger partial charge in [0.2, 0.25) is 0 Å². The average molecular weight is 252 g/mol. The molecule has 1 aromatic carbocycles. The second-order valence-electron chi connectivity index (χ2n) is 4.60. The van der Waals surface area contributed by atoms with Crippen molar-refractivity contribution in [3.8, 4) is 0 Å². The van der Waals surface area contributed by atoms with Crippen LogP contribution in [0.3, 0.4) is 0 Å². The lowest BCUT2D eigenvalue weighted by Crippen LogP contribution is -2.11. The molecule has 0 heterocycles. The standard InChI is InChI=1S/C15H24O3/c16-10-4-8-15(9-5-11-17)13-18-12-14-6-2-1-3-7-14/h1-3,6-7,15-17H,4-5,8-13H2. The van der Waals surface area contributed by atoms with Crippen molar-refractivity contribution < 1.29 is 14.9 Å². The molecular formula is C15H24O3. The fourth-order valence-electron chi connectivity index (χ4n) is 1.99. The molecule has 0 aromatic heterocycles. The van der Waals surface area contributed by atoms with Crippen molar-refractivity contribution in [1.29, 1.82) is 0 Å². The summed E-state index contributed by atoms with van der Waals surface area (Å²) in [7, 11) is 0. The largest absolute Gasteiger partial charge is 0.396 e. The van der Waals surface area contributed by atoms with Crippen LogP contribution in [0.1, 0.15) is 31.2 Å². The molecule has 0 fully saturated rings. The Labute approximate surface area is 109 Å². The molecule has 0 amide bonds. The molecule has 3 heteroatoms. The highest BCUT2D eigenvalue weighted by Gasteiger charge is 2.08. The molecular weight excluding hydrogens is 228 g/mol. The molecule has 102 valence electrons. The number of rotatable bonds is 10. The molecule has 0 aliphatic heterocycles. The quantitative estimate of drug-likeness (QED) is 0.672. The smallest absolute Gasteiger partial charge is 0.0717 e. The van der Waals surface area contributed by atoms with E-state index in [9.17, 15) is 0 Å². The molecule has 0 saturated carbocycles. The number of aliphatic hydroxyl groups is 2. The van der Waals surface area contributed by atoms with Gasteiger partial charge >= 0.3 is 0 Å². The molecule has 3 nitrogen and oxygen atoms in total. The van der Waals surface area contributed by atoms with E-state index in [-0.39, 0.29) is 13.2 Å². The number of benzene rings is 1. The van der Waals surface area contributed by atoms with E-state index < -0.39 is 0 Å². The summed E-state index contributed by atoms with van der Waals surface area (Å²) in [6, 6.07) is 10.1. The highest BCUT2D eigenvalue weighted by atomic mass is 16.5. The number of aliphatic hydroxyl groups excluding tert-OH is 2. The maximum Gasteiger partial charge on any atom is 0.0717 e. The van der Waals surface area contributed by atoms with Crippen LogP contribution in [0.4, 0.5) is 0 Å². The van der Waals surface area contributed by atoms with Crippen LogP contribution in [0.5, 0.6) is 0 Å². The Kier molecular flexibility index (Phi) is 8.47. The summed E-state index contributed by atoms with van der Waals surface area (Å²) in [5.74, 6) is 0.438. The summed E-state index contributed by atoms with van der Waals surface area (Å²) in [5.41, 5.74) is 1.18. The molecule has 0 aliphatic carbocycles. The van der Waals surface area contributed by atoms with Gasteiger partial charge in [-0.15, -0.1) is 0 Å². The van der Waals surface area contributed by atoms with Gasteiger partial charge in [-0.05, 0) is 37.2 Å². The summed E-state index contributed by atoms with van der Waals surface area (Å²) >= 11 is 0. The van der Waals surface area contributed by atoms with Crippen molar-refractivity contribution in [1.82, 2.24) is 0 Å². The van der Waals surface area contributed by atoms with Crippen LogP contribution in [0.25, 0.3) is 0 Å². The minimum atomic E-state index is 0.230. The second kappa shape index (κ2) is 10.1. The van der Waals surface area contributed by atoms with Crippen LogP contribution < -0.4 is 0 Å². The Morgan fingerprint density at radius 2 is 1.56 bits per heavy atom. The van der Waals surface area contributed by atoms with Crippen LogP contribution in [0.2, 0.25) is 0 Å². The van der Waals surface area contributed by atoms with Crippen molar-refractivity contribution in [3.05, 3.63) is 35.9 Å². The maximum absolute atomic E-state index is 8.85. The first-order chi connectivity index (χ1) is 8.86. The Morgan fingerprint density at radius 1 is 0.944 bits per heavy atom. The summed E-state index contributed by atoms with van der Waals surface area (Å²) in [6.45, 7) is 1.80. The van der Waals surface area contributed by atoms with E-state index in [0.29, 0.717) is 19.1 Å². The van der Waals surface area contributed by atoms with Gasteiger partial charge in [-0.25, -0.2) is 0 Å². The average Bonchev–Trinajstić information content (AvgIpc) is 2.42. The topological polar surface area (TPSA) is 49.7 Å². The molecule has 2 N–H and O–H groups in total. The van der Waals surface area contributed by atoms with E-state index in [1.165, 1.54) is 5.56 Å². The van der Waals surface area contributed by atoms with Gasteiger partial charge in [-0.1, -0.05) is 30.3 Å². The van der Waals surface area contributed by atoms with Gasteiger partial charge in [0.05, 0.1) is 6.61 Å². The molecule has 0 radical (unpaired) electrons. The zero-order valence-corrected chi connectivity index (χ0v) is 10.9. The number of hydrogen-bond donors (Lipinski definition) is 2. The van der Waals surface area contributed by atoms with Crippen molar-refractivity contribution >= 4 is 0 Å². The van der Waals surface area contributed by atoms with Crippen LogP contribution in [-0.2, 0) is 11.3 Å². The lowest BCUT2D eigenvalue weighted by molar-refractivity contribution is 0.0756. The highest BCUT2D eigenvalue weighted by molar-refractivity contribution is 5.13. The molecule has 0 saturated heterocycles. The molecule has 18 heavy (non-hydrogen) atoms. The van der Waals surface area contributed by atoms with Crippen LogP contribution >= 0.6 is 0 Å². The van der Waals surface area contributed by atoms with Crippen LogP contribution in [0.15, 0.2) is 30.3 Å². The predicted molar refractivity (Wildman–Crippen MR) is 72.2 cm³/mol. The summed E-state index contributed by atoms with van der Waals surface area (Å²) in [5, 5.41) is 17.7. The lowest BCUT2D eigenvalue weighted by Gasteiger charge is -2.16. The van der Waals surface area contributed by atoms with E-state index in [2.05, 4.69) is 12.1 Å². The SMILES string of the molecule is OCCCC(CCCO)COCc1ccccc1. The van der Waals surface area contributed by atoms with E-state index in [4.69, 9.17) is 14.9 Å². The van der Waals surface area contributed by atoms with E-state index >= 15 is 0 Å². The van der Waals surface area contributed by atoms with Gasteiger partial charge in [-0.2, -0.15) is 0 Å². The van der Waals surface area contributed by atoms with Crippen molar-refractivity contribution in [2.75, 3.05) is 19.8 Å². The lowest BCUT2D eigenvalue weighted by atomic mass is 9.99. The van der Waals surface area contributed by atoms with E-state index in [0.717, 1.165) is 25.7 Å². The van der Waals surface area contributed by atoms with Crippen LogP contribution in [0, 0.1) is 5.92 Å². The Bertz CT molecular complexity index is 279. The fraction of sp³-hybridized carbons (Fsp3) is 0.600. The molecule has 0 aliphatic rings. The zero-order valence-electron chi connectivity index (χ0n) is 10.9. The maximum atomic E-state index is 8.85. The first-order valence-corrected chi connectivity index (χ1v) is 6.70. The zero-order chi connectivity index (χ0) is 13.1. The Balaban J connectivity index is 2.23. The number of ether oxygens (including phenoxy) is 1. The van der Waals surface area contributed by atoms with Gasteiger partial charge < -0.3 is 14.9 Å². The second-order valence-corrected chi connectivity index (χ2v) is 4.60. The molecule has 0 bridgehead atoms. The van der Waals surface area contributed by atoms with Crippen LogP contribution in [-0.4, -0.2) is 30.0 Å². The van der Waals surface area contributed by atoms with Gasteiger partial charge in [-0.3, -0.25) is 0 Å². The monoisotopic (exact) mass is 252 g/mol. The minimum absolute atomic E-state index is 0.230.